The minimum absolute atomic E-state index is 0.107. The summed E-state index contributed by atoms with van der Waals surface area (Å²) in [5.74, 6) is 1.34. The van der Waals surface area contributed by atoms with Gasteiger partial charge in [-0.15, -0.1) is 0 Å². The highest BCUT2D eigenvalue weighted by Crippen LogP contribution is 2.36. The largest absolute Gasteiger partial charge is 0.388 e. The maximum Gasteiger partial charge on any atom is 0.251 e. The van der Waals surface area contributed by atoms with Crippen LogP contribution in [0.1, 0.15) is 109 Å². The Kier molecular flexibility index (Phi) is 26.2. The van der Waals surface area contributed by atoms with Crippen molar-refractivity contribution in [2.75, 3.05) is 27.2 Å². The third kappa shape index (κ3) is 14.7. The Bertz CT molecular complexity index is 1210. The number of carbonyl (C=O) groups is 2. The summed E-state index contributed by atoms with van der Waals surface area (Å²) in [6.45, 7) is 26.7. The molecule has 4 rings (SSSR count). The fraction of sp³-hybridized carbons (Fsp3) is 0.590. The van der Waals surface area contributed by atoms with Crippen molar-refractivity contribution in [3.05, 3.63) is 71.7 Å². The molecule has 1 aromatic rings. The third-order valence-corrected chi connectivity index (χ3v) is 7.83. The Morgan fingerprint density at radius 2 is 1.78 bits per heavy atom. The highest BCUT2D eigenvalue weighted by atomic mass is 16.3. The number of amidine groups is 1. The standard InChI is InChI=1S/C23H33N5O2.C7H9NO.C3H8.C2H7N.2C2H6/c1-4-20(24)27-19-12-25-14(2)28-13-18(21(29)23(19,28)3)26-22(30)17-11-7-9-15-8-5-6-10-16(15)17;1-3-4-5-8-7(2)6-9;2*1-3-2;2*1-2/h7,9,11,18-19,21,25,29H,2,4-6,8,10,12-13H2,1,3H3,(H2,24,27)(H,26,30);3-6H,2H2,1H3;3H2,1-2H3;3H,1-2H3;2*1-2H3/p+1/b;4-3-,8-5?;;;;. The van der Waals surface area contributed by atoms with Crippen molar-refractivity contribution in [1.29, 1.82) is 0 Å². The van der Waals surface area contributed by atoms with Crippen molar-refractivity contribution in [2.45, 2.75) is 125 Å². The molecule has 2 aliphatic heterocycles. The summed E-state index contributed by atoms with van der Waals surface area (Å²) in [6.07, 6.45) is 11.1. The van der Waals surface area contributed by atoms with Gasteiger partial charge in [-0.2, -0.15) is 0 Å². The lowest BCUT2D eigenvalue weighted by Crippen LogP contribution is -2.92. The zero-order valence-corrected chi connectivity index (χ0v) is 32.6. The van der Waals surface area contributed by atoms with E-state index in [2.05, 4.69) is 63.9 Å². The lowest BCUT2D eigenvalue weighted by atomic mass is 9.84. The lowest BCUT2D eigenvalue weighted by molar-refractivity contribution is -0.525. The fourth-order valence-corrected chi connectivity index (χ4v) is 5.52. The number of nitrogens with zero attached hydrogens (tertiary/aromatic N) is 2. The summed E-state index contributed by atoms with van der Waals surface area (Å²) in [7, 11) is 3.75. The number of hydrogen-bond donors (Lipinski definition) is 6. The minimum Gasteiger partial charge on any atom is -0.388 e. The number of hydrogen-bond acceptors (Lipinski definition) is 7. The van der Waals surface area contributed by atoms with Gasteiger partial charge in [0.2, 0.25) is 5.84 Å². The van der Waals surface area contributed by atoms with Gasteiger partial charge in [0, 0.05) is 24.7 Å². The number of aliphatic hydroxyl groups excluding tert-OH is 1. The van der Waals surface area contributed by atoms with Gasteiger partial charge in [-0.3, -0.25) is 25.3 Å². The maximum absolute atomic E-state index is 13.2. The molecule has 49 heavy (non-hydrogen) atoms. The normalized spacial score (nSPS) is 22.0. The van der Waals surface area contributed by atoms with E-state index in [-0.39, 0.29) is 17.6 Å². The fourth-order valence-electron chi connectivity index (χ4n) is 5.52. The molecule has 4 unspecified atom stereocenters. The van der Waals surface area contributed by atoms with E-state index in [1.54, 1.807) is 6.08 Å². The second kappa shape index (κ2) is 27.1. The van der Waals surface area contributed by atoms with Crippen LogP contribution in [0.4, 0.5) is 0 Å². The molecule has 278 valence electrons. The topological polar surface area (TPSA) is 146 Å². The molecule has 1 aliphatic carbocycles. The number of allylic oxidation sites excluding steroid dienone is 3. The molecular weight excluding hydrogens is 614 g/mol. The molecule has 0 bridgehead atoms. The van der Waals surface area contributed by atoms with E-state index < -0.39 is 17.7 Å². The smallest absolute Gasteiger partial charge is 0.251 e. The second-order valence-electron chi connectivity index (χ2n) is 11.5. The first kappa shape index (κ1) is 47.4. The average Bonchev–Trinajstić information content (AvgIpc) is 3.38. The van der Waals surface area contributed by atoms with Gasteiger partial charge in [0.05, 0.1) is 24.1 Å². The van der Waals surface area contributed by atoms with Gasteiger partial charge in [-0.1, -0.05) is 86.3 Å². The van der Waals surface area contributed by atoms with Crippen LogP contribution in [0, 0.1) is 0 Å². The summed E-state index contributed by atoms with van der Waals surface area (Å²) >= 11 is 0. The molecular formula is C39H70N7O3+. The molecule has 7 N–H and O–H groups in total. The first-order valence-electron chi connectivity index (χ1n) is 18.1. The SMILES string of the molecule is C=C(C=O)N=C/C=C\C.C=C1NCC([NH+]=C(N)CC)C2(C)C(O)C(NC(=O)c3cccc4c3CCCC4)CN12.CC.CC.CCC.CNC. The zero-order chi connectivity index (χ0) is 38.0. The van der Waals surface area contributed by atoms with E-state index in [1.165, 1.54) is 24.6 Å². The predicted octanol–water partition coefficient (Wildman–Crippen LogP) is 4.04. The molecule has 0 radical (unpaired) electrons. The van der Waals surface area contributed by atoms with Crippen LogP contribution in [0.2, 0.25) is 0 Å². The van der Waals surface area contributed by atoms with Gasteiger partial charge in [0.25, 0.3) is 5.91 Å². The van der Waals surface area contributed by atoms with Gasteiger partial charge in [-0.25, -0.2) is 0 Å². The molecule has 4 atom stereocenters. The van der Waals surface area contributed by atoms with Crippen molar-refractivity contribution in [2.24, 2.45) is 10.7 Å². The van der Waals surface area contributed by atoms with Crippen LogP contribution < -0.4 is 26.7 Å². The van der Waals surface area contributed by atoms with E-state index in [0.29, 0.717) is 31.6 Å². The Morgan fingerprint density at radius 3 is 2.33 bits per heavy atom. The van der Waals surface area contributed by atoms with Crippen LogP contribution in [0.15, 0.2) is 60.0 Å². The molecule has 2 heterocycles. The van der Waals surface area contributed by atoms with Gasteiger partial charge in [-0.05, 0) is 76.9 Å². The Balaban J connectivity index is 0. The van der Waals surface area contributed by atoms with Gasteiger partial charge < -0.3 is 26.0 Å². The van der Waals surface area contributed by atoms with Crippen LogP contribution >= 0.6 is 0 Å². The number of rotatable bonds is 7. The number of aliphatic imine (C=N–C) groups is 1. The monoisotopic (exact) mass is 685 g/mol. The maximum atomic E-state index is 13.2. The number of nitrogens with one attached hydrogen (secondary N) is 4. The van der Waals surface area contributed by atoms with Gasteiger partial charge in [0.1, 0.15) is 17.7 Å². The number of benzene rings is 1. The number of nitrogens with two attached hydrogens (primary N) is 1. The molecule has 10 heteroatoms. The Hall–Kier alpha value is -3.76. The van der Waals surface area contributed by atoms with Crippen molar-refractivity contribution in [1.82, 2.24) is 20.9 Å². The molecule has 10 nitrogen and oxygen atoms in total. The molecule has 0 spiro atoms. The first-order valence-corrected chi connectivity index (χ1v) is 18.1. The van der Waals surface area contributed by atoms with Crippen LogP contribution in [0.25, 0.3) is 0 Å². The highest BCUT2D eigenvalue weighted by molar-refractivity contribution is 5.96. The van der Waals surface area contributed by atoms with Crippen LogP contribution in [-0.4, -0.2) is 85.2 Å². The number of aldehydes is 1. The van der Waals surface area contributed by atoms with E-state index in [4.69, 9.17) is 5.73 Å². The number of aryl methyl sites for hydroxylation is 1. The van der Waals surface area contributed by atoms with E-state index >= 15 is 0 Å². The molecule has 1 aromatic carbocycles. The molecule has 0 saturated carbocycles. The highest BCUT2D eigenvalue weighted by Gasteiger charge is 2.58. The van der Waals surface area contributed by atoms with Crippen LogP contribution in [-0.2, 0) is 17.6 Å². The zero-order valence-electron chi connectivity index (χ0n) is 32.6. The number of aliphatic hydroxyl groups is 1. The van der Waals surface area contributed by atoms with E-state index in [1.807, 2.05) is 80.8 Å². The van der Waals surface area contributed by atoms with Crippen LogP contribution in [0.5, 0.6) is 0 Å². The summed E-state index contributed by atoms with van der Waals surface area (Å²) in [6, 6.07) is 5.48. The second-order valence-corrected chi connectivity index (χ2v) is 11.5. The van der Waals surface area contributed by atoms with Crippen LogP contribution in [0.3, 0.4) is 0 Å². The molecule has 0 aromatic heterocycles. The van der Waals surface area contributed by atoms with Crippen molar-refractivity contribution < 1.29 is 19.7 Å². The number of fused-ring (bicyclic) bond motifs is 2. The number of carbonyl (C=O) groups excluding carboxylic acids is 2. The van der Waals surface area contributed by atoms with E-state index in [0.717, 1.165) is 36.2 Å². The summed E-state index contributed by atoms with van der Waals surface area (Å²) < 4.78 is 0. The molecule has 2 saturated heterocycles. The third-order valence-electron chi connectivity index (χ3n) is 7.83. The molecule has 2 fully saturated rings. The first-order chi connectivity index (χ1) is 23.5. The minimum atomic E-state index is -0.762. The summed E-state index contributed by atoms with van der Waals surface area (Å²) in [5, 5.41) is 20.5. The number of amides is 1. The van der Waals surface area contributed by atoms with Crippen molar-refractivity contribution >= 4 is 24.2 Å². The van der Waals surface area contributed by atoms with E-state index in [9.17, 15) is 14.7 Å². The quantitative estimate of drug-likeness (QED) is 0.110. The Labute approximate surface area is 298 Å². The molecule has 1 amide bonds. The van der Waals surface area contributed by atoms with Crippen molar-refractivity contribution in [3.8, 4) is 0 Å². The Morgan fingerprint density at radius 1 is 1.18 bits per heavy atom. The molecule has 3 aliphatic rings. The van der Waals surface area contributed by atoms with Crippen molar-refractivity contribution in [3.63, 3.8) is 0 Å². The van der Waals surface area contributed by atoms with Gasteiger partial charge in [0.15, 0.2) is 6.29 Å². The van der Waals surface area contributed by atoms with Gasteiger partial charge >= 0.3 is 0 Å². The summed E-state index contributed by atoms with van der Waals surface area (Å²) in [4.78, 5) is 32.1. The average molecular weight is 685 g/mol. The summed E-state index contributed by atoms with van der Waals surface area (Å²) in [5.41, 5.74) is 8.86. The lowest BCUT2D eigenvalue weighted by Gasteiger charge is -2.46. The predicted molar refractivity (Wildman–Crippen MR) is 209 cm³/mol.